The summed E-state index contributed by atoms with van der Waals surface area (Å²) < 4.78 is 11.6. The van der Waals surface area contributed by atoms with Gasteiger partial charge in [0.1, 0.15) is 5.01 Å². The molecule has 2 aliphatic rings. The maximum atomic E-state index is 5.85. The molecular formula is C12H18N2O2S. The van der Waals surface area contributed by atoms with Crippen LogP contribution in [0.5, 0.6) is 0 Å². The zero-order chi connectivity index (χ0) is 11.5. The first-order valence-corrected chi connectivity index (χ1v) is 7.12. The van der Waals surface area contributed by atoms with E-state index in [0.717, 1.165) is 24.8 Å². The van der Waals surface area contributed by atoms with Crippen molar-refractivity contribution in [1.29, 1.82) is 0 Å². The first-order chi connectivity index (χ1) is 8.43. The van der Waals surface area contributed by atoms with Gasteiger partial charge in [0, 0.05) is 30.1 Å². The fraction of sp³-hybridized carbons (Fsp3) is 0.750. The monoisotopic (exact) mass is 254 g/mol. The summed E-state index contributed by atoms with van der Waals surface area (Å²) in [5, 5.41) is 6.57. The Morgan fingerprint density at radius 2 is 2.53 bits per heavy atom. The first kappa shape index (κ1) is 11.6. The highest BCUT2D eigenvalue weighted by Gasteiger charge is 2.38. The number of fused-ring (bicyclic) bond motifs is 1. The molecule has 0 unspecified atom stereocenters. The molecule has 1 aliphatic heterocycles. The third-order valence-corrected chi connectivity index (χ3v) is 4.32. The topological polar surface area (TPSA) is 43.4 Å². The Labute approximate surface area is 105 Å². The molecular weight excluding hydrogens is 236 g/mol. The summed E-state index contributed by atoms with van der Waals surface area (Å²) in [7, 11) is 0. The molecule has 3 atom stereocenters. The van der Waals surface area contributed by atoms with Gasteiger partial charge in [-0.05, 0) is 12.8 Å². The molecule has 1 N–H and O–H groups in total. The van der Waals surface area contributed by atoms with Crippen LogP contribution in [0.1, 0.15) is 17.8 Å². The third kappa shape index (κ3) is 2.68. The van der Waals surface area contributed by atoms with Gasteiger partial charge in [0.2, 0.25) is 0 Å². The lowest BCUT2D eigenvalue weighted by Gasteiger charge is -2.30. The van der Waals surface area contributed by atoms with Crippen molar-refractivity contribution in [3.8, 4) is 0 Å². The van der Waals surface area contributed by atoms with Gasteiger partial charge in [0.25, 0.3) is 0 Å². The van der Waals surface area contributed by atoms with E-state index in [4.69, 9.17) is 9.47 Å². The molecule has 1 aromatic heterocycles. The van der Waals surface area contributed by atoms with Crippen LogP contribution in [-0.2, 0) is 16.1 Å². The second kappa shape index (κ2) is 5.44. The van der Waals surface area contributed by atoms with E-state index in [9.17, 15) is 0 Å². The van der Waals surface area contributed by atoms with Gasteiger partial charge in [0.15, 0.2) is 0 Å². The number of morpholine rings is 1. The number of hydrogen-bond donors (Lipinski definition) is 1. The Kier molecular flexibility index (Phi) is 3.71. The van der Waals surface area contributed by atoms with Gasteiger partial charge in [-0.1, -0.05) is 0 Å². The summed E-state index contributed by atoms with van der Waals surface area (Å²) in [6, 6.07) is 0.553. The number of thiazole rings is 1. The van der Waals surface area contributed by atoms with E-state index in [0.29, 0.717) is 24.7 Å². The van der Waals surface area contributed by atoms with Gasteiger partial charge in [-0.3, -0.25) is 0 Å². The minimum Gasteiger partial charge on any atom is -0.375 e. The maximum absolute atomic E-state index is 5.85. The minimum absolute atomic E-state index is 0.361. The van der Waals surface area contributed by atoms with E-state index in [1.54, 1.807) is 11.3 Å². The van der Waals surface area contributed by atoms with Crippen molar-refractivity contribution in [2.45, 2.75) is 31.6 Å². The van der Waals surface area contributed by atoms with E-state index < -0.39 is 0 Å². The Hall–Kier alpha value is -0.490. The van der Waals surface area contributed by atoms with Gasteiger partial charge in [-0.15, -0.1) is 11.3 Å². The lowest BCUT2D eigenvalue weighted by molar-refractivity contribution is -0.0399. The Bertz CT molecular complexity index is 344. The molecule has 2 heterocycles. The number of nitrogens with zero attached hydrogens (tertiary/aromatic N) is 1. The zero-order valence-electron chi connectivity index (χ0n) is 9.80. The summed E-state index contributed by atoms with van der Waals surface area (Å²) in [6.07, 6.45) is 4.61. The van der Waals surface area contributed by atoms with Gasteiger partial charge >= 0.3 is 0 Å². The summed E-state index contributed by atoms with van der Waals surface area (Å²) in [5.41, 5.74) is 0. The predicted octanol–water partition coefficient (Wildman–Crippen LogP) is 1.43. The van der Waals surface area contributed by atoms with Crippen LogP contribution in [-0.4, -0.2) is 36.9 Å². The second-order valence-electron chi connectivity index (χ2n) is 4.67. The Morgan fingerprint density at radius 1 is 1.53 bits per heavy atom. The summed E-state index contributed by atoms with van der Waals surface area (Å²) in [4.78, 5) is 4.21. The predicted molar refractivity (Wildman–Crippen MR) is 66.0 cm³/mol. The molecule has 0 radical (unpaired) electrons. The first-order valence-electron chi connectivity index (χ1n) is 6.24. The van der Waals surface area contributed by atoms with Crippen molar-refractivity contribution < 1.29 is 9.47 Å². The van der Waals surface area contributed by atoms with Crippen LogP contribution in [0.15, 0.2) is 11.6 Å². The van der Waals surface area contributed by atoms with Crippen LogP contribution in [0.4, 0.5) is 0 Å². The maximum Gasteiger partial charge on any atom is 0.118 e. The van der Waals surface area contributed by atoms with Crippen molar-refractivity contribution in [3.63, 3.8) is 0 Å². The number of rotatable bonds is 4. The molecule has 1 aromatic rings. The fourth-order valence-corrected chi connectivity index (χ4v) is 3.31. The van der Waals surface area contributed by atoms with Crippen LogP contribution >= 0.6 is 11.3 Å². The normalized spacial score (nSPS) is 32.6. The fourth-order valence-electron chi connectivity index (χ4n) is 2.76. The molecule has 0 aromatic carbocycles. The molecule has 3 rings (SSSR count). The molecule has 4 nitrogen and oxygen atoms in total. The number of ether oxygens (including phenoxy) is 2. The standard InChI is InChI=1S/C12H18N2O2S/c1-2-10-12(16-5-3-13-10)9(1)7-15-8-11-14-4-6-17-11/h4,6,9-10,12-13H,1-3,5,7-8H2/t9-,10-,12-/m0/s1. The average molecular weight is 254 g/mol. The van der Waals surface area contributed by atoms with Crippen molar-refractivity contribution in [1.82, 2.24) is 10.3 Å². The quantitative estimate of drug-likeness (QED) is 0.882. The second-order valence-corrected chi connectivity index (χ2v) is 5.65. The number of hydrogen-bond acceptors (Lipinski definition) is 5. The van der Waals surface area contributed by atoms with Gasteiger partial charge < -0.3 is 14.8 Å². The highest BCUT2D eigenvalue weighted by Crippen LogP contribution is 2.30. The SMILES string of the molecule is c1csc(COC[C@@H]2CC[C@@H]3NCCO[C@@H]23)n1. The Morgan fingerprint density at radius 3 is 3.41 bits per heavy atom. The molecule has 0 spiro atoms. The molecule has 1 saturated carbocycles. The van der Waals surface area contributed by atoms with E-state index in [1.165, 1.54) is 12.8 Å². The van der Waals surface area contributed by atoms with Crippen LogP contribution in [0.25, 0.3) is 0 Å². The molecule has 1 aliphatic carbocycles. The number of nitrogens with one attached hydrogen (secondary N) is 1. The van der Waals surface area contributed by atoms with E-state index >= 15 is 0 Å². The molecule has 94 valence electrons. The number of aromatic nitrogens is 1. The third-order valence-electron chi connectivity index (χ3n) is 3.57. The van der Waals surface area contributed by atoms with Crippen LogP contribution in [0.2, 0.25) is 0 Å². The van der Waals surface area contributed by atoms with Gasteiger partial charge in [-0.2, -0.15) is 0 Å². The van der Waals surface area contributed by atoms with Crippen molar-refractivity contribution in [2.75, 3.05) is 19.8 Å². The van der Waals surface area contributed by atoms with E-state index in [2.05, 4.69) is 10.3 Å². The van der Waals surface area contributed by atoms with Crippen molar-refractivity contribution in [3.05, 3.63) is 16.6 Å². The Balaban J connectivity index is 1.46. The molecule has 5 heteroatoms. The van der Waals surface area contributed by atoms with Crippen molar-refractivity contribution in [2.24, 2.45) is 5.92 Å². The van der Waals surface area contributed by atoms with E-state index in [-0.39, 0.29) is 0 Å². The lowest BCUT2D eigenvalue weighted by Crippen LogP contribution is -2.47. The molecule has 2 fully saturated rings. The zero-order valence-corrected chi connectivity index (χ0v) is 10.6. The van der Waals surface area contributed by atoms with Gasteiger partial charge in [0.05, 0.1) is 25.9 Å². The van der Waals surface area contributed by atoms with Crippen LogP contribution < -0.4 is 5.32 Å². The van der Waals surface area contributed by atoms with Crippen LogP contribution in [0.3, 0.4) is 0 Å². The van der Waals surface area contributed by atoms with Crippen molar-refractivity contribution >= 4 is 11.3 Å². The van der Waals surface area contributed by atoms with Gasteiger partial charge in [-0.25, -0.2) is 4.98 Å². The molecule has 17 heavy (non-hydrogen) atoms. The minimum atomic E-state index is 0.361. The molecule has 0 bridgehead atoms. The summed E-state index contributed by atoms with van der Waals surface area (Å²) in [6.45, 7) is 3.26. The summed E-state index contributed by atoms with van der Waals surface area (Å²) >= 11 is 1.65. The van der Waals surface area contributed by atoms with E-state index in [1.807, 2.05) is 11.6 Å². The average Bonchev–Trinajstić information content (AvgIpc) is 2.99. The molecule has 1 saturated heterocycles. The molecule has 0 amide bonds. The van der Waals surface area contributed by atoms with Crippen LogP contribution in [0, 0.1) is 5.92 Å². The highest BCUT2D eigenvalue weighted by molar-refractivity contribution is 7.09. The highest BCUT2D eigenvalue weighted by atomic mass is 32.1. The lowest BCUT2D eigenvalue weighted by atomic mass is 10.1. The largest absolute Gasteiger partial charge is 0.375 e. The smallest absolute Gasteiger partial charge is 0.118 e. The summed E-state index contributed by atoms with van der Waals surface area (Å²) in [5.74, 6) is 0.549.